The van der Waals surface area contributed by atoms with E-state index in [1.165, 1.54) is 32.1 Å². The van der Waals surface area contributed by atoms with Gasteiger partial charge in [-0.3, -0.25) is 10.1 Å². The third-order valence-electron chi connectivity index (χ3n) is 5.45. The number of anilines is 1. The number of hydrogen-bond donors (Lipinski definition) is 2. The largest absolute Gasteiger partial charge is 0.494 e. The third-order valence-corrected chi connectivity index (χ3v) is 5.65. The van der Waals surface area contributed by atoms with E-state index in [9.17, 15) is 4.79 Å². The van der Waals surface area contributed by atoms with E-state index < -0.39 is 0 Å². The Hall–Kier alpha value is -2.60. The Bertz CT molecular complexity index is 831. The molecule has 1 fully saturated rings. The maximum absolute atomic E-state index is 12.4. The molecule has 2 aromatic rings. The summed E-state index contributed by atoms with van der Waals surface area (Å²) in [5.41, 5.74) is 1.32. The van der Waals surface area contributed by atoms with Crippen LogP contribution in [0.2, 0.25) is 0 Å². The highest BCUT2D eigenvalue weighted by Crippen LogP contribution is 2.26. The van der Waals surface area contributed by atoms with E-state index in [1.807, 2.05) is 24.3 Å². The zero-order chi connectivity index (χ0) is 21.9. The topological polar surface area (TPSA) is 59.6 Å². The lowest BCUT2D eigenvalue weighted by molar-refractivity contribution is 0.0977. The van der Waals surface area contributed by atoms with E-state index >= 15 is 0 Å². The lowest BCUT2D eigenvalue weighted by atomic mass is 9.87. The van der Waals surface area contributed by atoms with E-state index in [0.717, 1.165) is 42.6 Å². The van der Waals surface area contributed by atoms with Crippen LogP contribution in [0.1, 0.15) is 62.2 Å². The minimum Gasteiger partial charge on any atom is -0.494 e. The van der Waals surface area contributed by atoms with Gasteiger partial charge in [0.05, 0.1) is 13.2 Å². The fraction of sp³-hybridized carbons (Fsp3) is 0.440. The van der Waals surface area contributed by atoms with Crippen molar-refractivity contribution >= 4 is 28.9 Å². The van der Waals surface area contributed by atoms with Crippen molar-refractivity contribution in [1.82, 2.24) is 5.32 Å². The molecule has 0 heterocycles. The minimum atomic E-state index is -0.262. The standard InChI is InChI=1S/C25H32N2O3S/c1-2-17-29-22-12-8-20(9-13-22)24(28)27-25(31)26-21-10-14-23(15-11-21)30-18-16-19-6-4-3-5-7-19/h8-15,19H,2-7,16-18H2,1H3,(H2,26,27,28,31). The zero-order valence-electron chi connectivity index (χ0n) is 18.2. The zero-order valence-corrected chi connectivity index (χ0v) is 19.0. The lowest BCUT2D eigenvalue weighted by Crippen LogP contribution is -2.34. The van der Waals surface area contributed by atoms with Gasteiger partial charge in [0.2, 0.25) is 0 Å². The number of benzene rings is 2. The predicted molar refractivity (Wildman–Crippen MR) is 129 cm³/mol. The lowest BCUT2D eigenvalue weighted by Gasteiger charge is -2.21. The van der Waals surface area contributed by atoms with E-state index in [-0.39, 0.29) is 11.0 Å². The van der Waals surface area contributed by atoms with Crippen LogP contribution in [0.3, 0.4) is 0 Å². The molecule has 166 valence electrons. The van der Waals surface area contributed by atoms with Crippen molar-refractivity contribution in [2.24, 2.45) is 5.92 Å². The molecule has 1 saturated carbocycles. The second kappa shape index (κ2) is 12.3. The first-order valence-electron chi connectivity index (χ1n) is 11.2. The summed E-state index contributed by atoms with van der Waals surface area (Å²) >= 11 is 5.27. The Morgan fingerprint density at radius 3 is 2.19 bits per heavy atom. The van der Waals surface area contributed by atoms with Gasteiger partial charge in [-0.15, -0.1) is 0 Å². The number of ether oxygens (including phenoxy) is 2. The molecular weight excluding hydrogens is 408 g/mol. The molecule has 0 unspecified atom stereocenters. The number of rotatable bonds is 9. The van der Waals surface area contributed by atoms with E-state index in [0.29, 0.717) is 12.2 Å². The highest BCUT2D eigenvalue weighted by Gasteiger charge is 2.13. The highest BCUT2D eigenvalue weighted by atomic mass is 32.1. The van der Waals surface area contributed by atoms with Gasteiger partial charge in [0.1, 0.15) is 11.5 Å². The maximum atomic E-state index is 12.4. The van der Waals surface area contributed by atoms with E-state index in [2.05, 4.69) is 17.6 Å². The molecule has 0 saturated heterocycles. The SMILES string of the molecule is CCCOc1ccc(C(=O)NC(=S)Nc2ccc(OCCC3CCCCC3)cc2)cc1. The van der Waals surface area contributed by atoms with Gasteiger partial charge in [-0.25, -0.2) is 0 Å². The van der Waals surface area contributed by atoms with Crippen molar-refractivity contribution < 1.29 is 14.3 Å². The summed E-state index contributed by atoms with van der Waals surface area (Å²) < 4.78 is 11.4. The molecule has 1 aliphatic rings. The Labute approximate surface area is 190 Å². The Balaban J connectivity index is 1.40. The summed E-state index contributed by atoms with van der Waals surface area (Å²) in [6.45, 7) is 3.46. The monoisotopic (exact) mass is 440 g/mol. The van der Waals surface area contributed by atoms with Gasteiger partial charge in [0.15, 0.2) is 5.11 Å². The van der Waals surface area contributed by atoms with Crippen LogP contribution in [0.25, 0.3) is 0 Å². The number of nitrogens with one attached hydrogen (secondary N) is 2. The molecule has 31 heavy (non-hydrogen) atoms. The summed E-state index contributed by atoms with van der Waals surface area (Å²) in [5.74, 6) is 2.15. The average Bonchev–Trinajstić information content (AvgIpc) is 2.80. The number of amides is 1. The summed E-state index contributed by atoms with van der Waals surface area (Å²) in [6, 6.07) is 14.7. The van der Waals surface area contributed by atoms with Crippen LogP contribution in [0, 0.1) is 5.92 Å². The molecule has 2 N–H and O–H groups in total. The van der Waals surface area contributed by atoms with Gasteiger partial charge in [-0.2, -0.15) is 0 Å². The number of hydrogen-bond acceptors (Lipinski definition) is 4. The van der Waals surface area contributed by atoms with Crippen LogP contribution in [0.4, 0.5) is 5.69 Å². The molecule has 3 rings (SSSR count). The summed E-state index contributed by atoms with van der Waals surface area (Å²) in [7, 11) is 0. The molecule has 0 aromatic heterocycles. The second-order valence-corrected chi connectivity index (χ2v) is 8.35. The van der Waals surface area contributed by atoms with Crippen molar-refractivity contribution in [3.05, 3.63) is 54.1 Å². The molecule has 5 nitrogen and oxygen atoms in total. The average molecular weight is 441 g/mol. The molecule has 1 aliphatic carbocycles. The molecular formula is C25H32N2O3S. The fourth-order valence-corrected chi connectivity index (χ4v) is 3.92. The molecule has 1 amide bonds. The van der Waals surface area contributed by atoms with Gasteiger partial charge in [0, 0.05) is 11.3 Å². The van der Waals surface area contributed by atoms with Crippen molar-refractivity contribution in [2.75, 3.05) is 18.5 Å². The van der Waals surface area contributed by atoms with Crippen LogP contribution < -0.4 is 20.1 Å². The second-order valence-electron chi connectivity index (χ2n) is 7.95. The molecule has 0 bridgehead atoms. The summed E-state index contributed by atoms with van der Waals surface area (Å²) in [6.07, 6.45) is 8.85. The number of thiocarbonyl (C=S) groups is 1. The van der Waals surface area contributed by atoms with Crippen LogP contribution in [0.15, 0.2) is 48.5 Å². The van der Waals surface area contributed by atoms with Gasteiger partial charge < -0.3 is 14.8 Å². The first-order chi connectivity index (χ1) is 15.1. The van der Waals surface area contributed by atoms with E-state index in [4.69, 9.17) is 21.7 Å². The van der Waals surface area contributed by atoms with Crippen LogP contribution in [-0.4, -0.2) is 24.2 Å². The van der Waals surface area contributed by atoms with Gasteiger partial charge in [-0.1, -0.05) is 39.0 Å². The van der Waals surface area contributed by atoms with Crippen molar-refractivity contribution in [3.63, 3.8) is 0 Å². The highest BCUT2D eigenvalue weighted by molar-refractivity contribution is 7.80. The van der Waals surface area contributed by atoms with Gasteiger partial charge in [-0.05, 0) is 79.5 Å². The summed E-state index contributed by atoms with van der Waals surface area (Å²) in [4.78, 5) is 12.4. The Morgan fingerprint density at radius 1 is 0.935 bits per heavy atom. The first kappa shape index (κ1) is 23.1. The smallest absolute Gasteiger partial charge is 0.257 e. The number of carbonyl (C=O) groups is 1. The van der Waals surface area contributed by atoms with E-state index in [1.54, 1.807) is 24.3 Å². The minimum absolute atomic E-state index is 0.252. The van der Waals surface area contributed by atoms with Crippen LogP contribution in [0.5, 0.6) is 11.5 Å². The quantitative estimate of drug-likeness (QED) is 0.472. The van der Waals surface area contributed by atoms with Gasteiger partial charge in [0.25, 0.3) is 5.91 Å². The third kappa shape index (κ3) is 7.87. The van der Waals surface area contributed by atoms with Crippen LogP contribution >= 0.6 is 12.2 Å². The Morgan fingerprint density at radius 2 is 1.55 bits per heavy atom. The van der Waals surface area contributed by atoms with Crippen molar-refractivity contribution in [1.29, 1.82) is 0 Å². The van der Waals surface area contributed by atoms with Crippen molar-refractivity contribution in [3.8, 4) is 11.5 Å². The van der Waals surface area contributed by atoms with Crippen molar-refractivity contribution in [2.45, 2.75) is 51.9 Å². The molecule has 0 radical (unpaired) electrons. The summed E-state index contributed by atoms with van der Waals surface area (Å²) in [5, 5.41) is 5.99. The van der Waals surface area contributed by atoms with Gasteiger partial charge >= 0.3 is 0 Å². The molecule has 0 atom stereocenters. The van der Waals surface area contributed by atoms with Crippen LogP contribution in [-0.2, 0) is 0 Å². The Kier molecular flexibility index (Phi) is 9.16. The predicted octanol–water partition coefficient (Wildman–Crippen LogP) is 5.95. The molecule has 2 aromatic carbocycles. The maximum Gasteiger partial charge on any atom is 0.257 e. The fourth-order valence-electron chi connectivity index (χ4n) is 3.71. The normalized spacial score (nSPS) is 14.0. The number of carbonyl (C=O) groups excluding carboxylic acids is 1. The molecule has 6 heteroatoms. The molecule has 0 spiro atoms. The first-order valence-corrected chi connectivity index (χ1v) is 11.6. The molecule has 0 aliphatic heterocycles.